The normalized spacial score (nSPS) is 15.4. The molecule has 0 bridgehead atoms. The van der Waals surface area contributed by atoms with Crippen molar-refractivity contribution in [1.82, 2.24) is 0 Å². The Bertz CT molecular complexity index is 458. The van der Waals surface area contributed by atoms with Gasteiger partial charge in [-0.3, -0.25) is 4.99 Å². The lowest BCUT2D eigenvalue weighted by atomic mass is 10.00. The number of rotatable bonds is 2. The summed E-state index contributed by atoms with van der Waals surface area (Å²) in [6.07, 6.45) is 0. The smallest absolute Gasteiger partial charge is 0.337 e. The fourth-order valence-electron chi connectivity index (χ4n) is 1.73. The van der Waals surface area contributed by atoms with Crippen molar-refractivity contribution in [1.29, 1.82) is 0 Å². The van der Waals surface area contributed by atoms with Crippen LogP contribution in [0.5, 0.6) is 0 Å². The highest BCUT2D eigenvalue weighted by Gasteiger charge is 2.22. The van der Waals surface area contributed by atoms with E-state index in [-0.39, 0.29) is 0 Å². The van der Waals surface area contributed by atoms with Gasteiger partial charge in [0.2, 0.25) is 0 Å². The molecule has 0 unspecified atom stereocenters. The van der Waals surface area contributed by atoms with Crippen molar-refractivity contribution in [2.45, 2.75) is 6.92 Å². The number of aliphatic imine (C=N–C) groups is 1. The first kappa shape index (κ1) is 9.65. The second kappa shape index (κ2) is 3.69. The molecule has 0 spiro atoms. The molecule has 0 radical (unpaired) electrons. The number of carbonyl (C=O) groups is 1. The topological polar surface area (TPSA) is 49.7 Å². The molecule has 3 heteroatoms. The van der Waals surface area contributed by atoms with Crippen molar-refractivity contribution >= 4 is 17.3 Å². The number of hydrogen-bond acceptors (Lipinski definition) is 2. The Kier molecular flexibility index (Phi) is 2.37. The van der Waals surface area contributed by atoms with E-state index in [1.54, 1.807) is 6.92 Å². The van der Waals surface area contributed by atoms with Gasteiger partial charge in [0.1, 0.15) is 0 Å². The van der Waals surface area contributed by atoms with Crippen molar-refractivity contribution in [3.8, 4) is 0 Å². The van der Waals surface area contributed by atoms with E-state index < -0.39 is 5.97 Å². The van der Waals surface area contributed by atoms with Crippen molar-refractivity contribution in [3.05, 3.63) is 41.5 Å². The molecule has 1 aromatic rings. The molecule has 0 saturated heterocycles. The second-order valence-corrected chi connectivity index (χ2v) is 3.43. The summed E-state index contributed by atoms with van der Waals surface area (Å²) in [6, 6.07) is 9.52. The highest BCUT2D eigenvalue weighted by molar-refractivity contribution is 6.25. The fourth-order valence-corrected chi connectivity index (χ4v) is 1.73. The Morgan fingerprint density at radius 1 is 1.33 bits per heavy atom. The minimum atomic E-state index is -0.896. The Morgan fingerprint density at radius 3 is 2.60 bits per heavy atom. The van der Waals surface area contributed by atoms with Crippen LogP contribution in [-0.2, 0) is 4.79 Å². The lowest BCUT2D eigenvalue weighted by Gasteiger charge is -2.03. The molecule has 0 atom stereocenters. The number of hydrogen-bond donors (Lipinski definition) is 1. The summed E-state index contributed by atoms with van der Waals surface area (Å²) in [5.74, 6) is -0.896. The maximum absolute atomic E-state index is 11.1. The lowest BCUT2D eigenvalue weighted by molar-refractivity contribution is -0.131. The molecule has 0 fully saturated rings. The molecular weight excluding hydrogens is 190 g/mol. The Balaban J connectivity index is 2.51. The van der Waals surface area contributed by atoms with Crippen LogP contribution in [0.3, 0.4) is 0 Å². The van der Waals surface area contributed by atoms with Crippen molar-refractivity contribution in [2.24, 2.45) is 4.99 Å². The molecule has 15 heavy (non-hydrogen) atoms. The van der Waals surface area contributed by atoms with Crippen LogP contribution in [0.15, 0.2) is 40.9 Å². The number of nitrogens with zero attached hydrogens (tertiary/aromatic N) is 1. The lowest BCUT2D eigenvalue weighted by Crippen LogP contribution is -2.08. The average Bonchev–Trinajstić information content (AvgIpc) is 2.61. The van der Waals surface area contributed by atoms with Crippen LogP contribution in [0.1, 0.15) is 12.5 Å². The number of benzene rings is 1. The third-order valence-corrected chi connectivity index (χ3v) is 2.47. The molecule has 1 aliphatic rings. The third-order valence-electron chi connectivity index (χ3n) is 2.47. The van der Waals surface area contributed by atoms with Crippen molar-refractivity contribution < 1.29 is 9.90 Å². The molecule has 76 valence electrons. The van der Waals surface area contributed by atoms with Gasteiger partial charge in [-0.05, 0) is 18.1 Å². The molecule has 0 aromatic heterocycles. The predicted octanol–water partition coefficient (Wildman–Crippen LogP) is 2.00. The van der Waals surface area contributed by atoms with Crippen LogP contribution >= 0.6 is 0 Å². The standard InChI is InChI=1S/C12H11NO2/c1-8-11(12(14)15)10(7-13-8)9-5-3-2-4-6-9/h2-6H,7H2,1H3,(H,14,15). The minimum absolute atomic E-state index is 0.348. The summed E-state index contributed by atoms with van der Waals surface area (Å²) in [7, 11) is 0. The number of aliphatic carboxylic acids is 1. The maximum atomic E-state index is 11.1. The van der Waals surface area contributed by atoms with Gasteiger partial charge in [-0.15, -0.1) is 0 Å². The Morgan fingerprint density at radius 2 is 2.00 bits per heavy atom. The zero-order valence-corrected chi connectivity index (χ0v) is 8.40. The molecule has 0 aliphatic carbocycles. The van der Waals surface area contributed by atoms with Gasteiger partial charge in [0.25, 0.3) is 0 Å². The van der Waals surface area contributed by atoms with Crippen molar-refractivity contribution in [3.63, 3.8) is 0 Å². The quantitative estimate of drug-likeness (QED) is 0.795. The molecule has 1 N–H and O–H groups in total. The zero-order valence-electron chi connectivity index (χ0n) is 8.40. The zero-order chi connectivity index (χ0) is 10.8. The van der Waals surface area contributed by atoms with E-state index in [9.17, 15) is 4.79 Å². The minimum Gasteiger partial charge on any atom is -0.478 e. The van der Waals surface area contributed by atoms with Gasteiger partial charge >= 0.3 is 5.97 Å². The van der Waals surface area contributed by atoms with E-state index >= 15 is 0 Å². The summed E-state index contributed by atoms with van der Waals surface area (Å²) < 4.78 is 0. The highest BCUT2D eigenvalue weighted by atomic mass is 16.4. The van der Waals surface area contributed by atoms with Gasteiger partial charge in [-0.25, -0.2) is 4.79 Å². The Hall–Kier alpha value is -1.90. The first-order valence-corrected chi connectivity index (χ1v) is 4.73. The fraction of sp³-hybridized carbons (Fsp3) is 0.167. The van der Waals surface area contributed by atoms with Crippen LogP contribution in [0.25, 0.3) is 5.57 Å². The largest absolute Gasteiger partial charge is 0.478 e. The van der Waals surface area contributed by atoms with Crippen LogP contribution in [0.2, 0.25) is 0 Å². The average molecular weight is 201 g/mol. The highest BCUT2D eigenvalue weighted by Crippen LogP contribution is 2.25. The molecule has 1 heterocycles. The van der Waals surface area contributed by atoms with Gasteiger partial charge < -0.3 is 5.11 Å². The first-order chi connectivity index (χ1) is 7.20. The molecule has 1 aromatic carbocycles. The van der Waals surface area contributed by atoms with Gasteiger partial charge in [-0.1, -0.05) is 30.3 Å². The van der Waals surface area contributed by atoms with E-state index in [1.807, 2.05) is 30.3 Å². The van der Waals surface area contributed by atoms with Crippen LogP contribution in [-0.4, -0.2) is 23.3 Å². The van der Waals surface area contributed by atoms with E-state index in [0.29, 0.717) is 17.8 Å². The van der Waals surface area contributed by atoms with Gasteiger partial charge in [-0.2, -0.15) is 0 Å². The van der Waals surface area contributed by atoms with Gasteiger partial charge in [0.05, 0.1) is 12.1 Å². The summed E-state index contributed by atoms with van der Waals surface area (Å²) in [5, 5.41) is 9.08. The molecule has 0 amide bonds. The van der Waals surface area contributed by atoms with Crippen LogP contribution < -0.4 is 0 Å². The molecule has 3 nitrogen and oxygen atoms in total. The van der Waals surface area contributed by atoms with Crippen LogP contribution in [0, 0.1) is 0 Å². The van der Waals surface area contributed by atoms with Gasteiger partial charge in [0, 0.05) is 5.71 Å². The number of carboxylic acids is 1. The summed E-state index contributed by atoms with van der Waals surface area (Å²) >= 11 is 0. The van der Waals surface area contributed by atoms with Crippen LogP contribution in [0.4, 0.5) is 0 Å². The molecule has 1 aliphatic heterocycles. The molecular formula is C12H11NO2. The summed E-state index contributed by atoms with van der Waals surface area (Å²) in [4.78, 5) is 15.2. The number of carboxylic acid groups (broad SMARTS) is 1. The first-order valence-electron chi connectivity index (χ1n) is 4.73. The second-order valence-electron chi connectivity index (χ2n) is 3.43. The molecule has 0 saturated carbocycles. The third kappa shape index (κ3) is 1.68. The van der Waals surface area contributed by atoms with Crippen molar-refractivity contribution in [2.75, 3.05) is 6.54 Å². The van der Waals surface area contributed by atoms with E-state index in [1.165, 1.54) is 0 Å². The van der Waals surface area contributed by atoms with Gasteiger partial charge in [0.15, 0.2) is 0 Å². The summed E-state index contributed by atoms with van der Waals surface area (Å²) in [5.41, 5.74) is 2.71. The SMILES string of the molecule is CC1=NCC(c2ccccc2)=C1C(=O)O. The van der Waals surface area contributed by atoms with E-state index in [2.05, 4.69) is 4.99 Å². The monoisotopic (exact) mass is 201 g/mol. The maximum Gasteiger partial charge on any atom is 0.337 e. The summed E-state index contributed by atoms with van der Waals surface area (Å²) in [6.45, 7) is 2.21. The Labute approximate surface area is 87.8 Å². The van der Waals surface area contributed by atoms with E-state index in [0.717, 1.165) is 11.1 Å². The van der Waals surface area contributed by atoms with E-state index in [4.69, 9.17) is 5.11 Å². The molecule has 2 rings (SSSR count). The predicted molar refractivity (Wildman–Crippen MR) is 59.0 cm³/mol.